The first-order chi connectivity index (χ1) is 3.83. The number of thiophene rings is 1. The van der Waals surface area contributed by atoms with Crippen LogP contribution in [0.3, 0.4) is 0 Å². The monoisotopic (exact) mass is 146 g/mol. The van der Waals surface area contributed by atoms with E-state index in [0.29, 0.717) is 0 Å². The Balaban J connectivity index is 2.84. The van der Waals surface area contributed by atoms with E-state index < -0.39 is 0 Å². The Morgan fingerprint density at radius 1 is 1.75 bits per heavy atom. The molecule has 44 valence electrons. The van der Waals surface area contributed by atoms with Gasteiger partial charge in [0.1, 0.15) is 0 Å². The zero-order valence-corrected chi connectivity index (χ0v) is 6.22. The van der Waals surface area contributed by atoms with Crippen LogP contribution in [0.25, 0.3) is 0 Å². The summed E-state index contributed by atoms with van der Waals surface area (Å²) in [5.41, 5.74) is 0. The molecule has 0 saturated carbocycles. The first-order valence-corrected chi connectivity index (χ1v) is 3.81. The second kappa shape index (κ2) is 2.51. The molecule has 0 nitrogen and oxygen atoms in total. The Morgan fingerprint density at radius 3 is 2.75 bits per heavy atom. The van der Waals surface area contributed by atoms with Crippen LogP contribution in [0, 0.1) is 0 Å². The Hall–Kier alpha value is -0.0100. The summed E-state index contributed by atoms with van der Waals surface area (Å²) in [5, 5.41) is 2.83. The molecule has 8 heavy (non-hydrogen) atoms. The number of hydrogen-bond donors (Lipinski definition) is 0. The van der Waals surface area contributed by atoms with Crippen LogP contribution >= 0.6 is 22.9 Å². The normalized spacial score (nSPS) is 9.75. The molecular weight excluding hydrogens is 140 g/mol. The molecule has 0 N–H and O–H groups in total. The maximum Gasteiger partial charge on any atom is 0.0515 e. The van der Waals surface area contributed by atoms with E-state index in [1.54, 1.807) is 11.3 Å². The molecule has 1 aromatic rings. The minimum atomic E-state index is 0.867. The maximum atomic E-state index is 5.65. The lowest BCUT2D eigenvalue weighted by molar-refractivity contribution is 1.19. The van der Waals surface area contributed by atoms with Crippen molar-refractivity contribution in [3.63, 3.8) is 0 Å². The minimum Gasteiger partial charge on any atom is -0.147 e. The van der Waals surface area contributed by atoms with Gasteiger partial charge in [-0.2, -0.15) is 0 Å². The molecule has 0 saturated heterocycles. The van der Waals surface area contributed by atoms with Gasteiger partial charge in [0.15, 0.2) is 0 Å². The lowest BCUT2D eigenvalue weighted by Gasteiger charge is -1.79. The van der Waals surface area contributed by atoms with Crippen molar-refractivity contribution in [2.75, 3.05) is 0 Å². The maximum absolute atomic E-state index is 5.65. The van der Waals surface area contributed by atoms with Crippen molar-refractivity contribution in [2.24, 2.45) is 0 Å². The van der Waals surface area contributed by atoms with Crippen LogP contribution < -0.4 is 0 Å². The van der Waals surface area contributed by atoms with Crippen molar-refractivity contribution in [1.29, 1.82) is 0 Å². The Labute approximate surface area is 58.1 Å². The van der Waals surface area contributed by atoms with Gasteiger partial charge in [0.25, 0.3) is 0 Å². The summed E-state index contributed by atoms with van der Waals surface area (Å²) in [7, 11) is 0. The van der Waals surface area contributed by atoms with E-state index in [4.69, 9.17) is 11.6 Å². The molecule has 0 aromatic carbocycles. The SMILES string of the molecule is CCc1cc(Cl)cs1. The van der Waals surface area contributed by atoms with Gasteiger partial charge in [0.05, 0.1) is 5.02 Å². The number of rotatable bonds is 1. The van der Waals surface area contributed by atoms with Crippen LogP contribution in [0.15, 0.2) is 11.4 Å². The van der Waals surface area contributed by atoms with Crippen LogP contribution in [0.1, 0.15) is 11.8 Å². The van der Waals surface area contributed by atoms with Crippen molar-refractivity contribution in [1.82, 2.24) is 0 Å². The quantitative estimate of drug-likeness (QED) is 0.572. The van der Waals surface area contributed by atoms with E-state index in [2.05, 4.69) is 6.92 Å². The summed E-state index contributed by atoms with van der Waals surface area (Å²) in [6, 6.07) is 2.01. The van der Waals surface area contributed by atoms with E-state index in [0.717, 1.165) is 11.4 Å². The van der Waals surface area contributed by atoms with Gasteiger partial charge < -0.3 is 0 Å². The molecule has 0 aliphatic rings. The summed E-state index contributed by atoms with van der Waals surface area (Å²) < 4.78 is 0. The van der Waals surface area contributed by atoms with Gasteiger partial charge in [-0.3, -0.25) is 0 Å². The third kappa shape index (κ3) is 1.23. The number of hydrogen-bond acceptors (Lipinski definition) is 1. The highest BCUT2D eigenvalue weighted by atomic mass is 35.5. The topological polar surface area (TPSA) is 0 Å². The van der Waals surface area contributed by atoms with Gasteiger partial charge in [0.2, 0.25) is 0 Å². The van der Waals surface area contributed by atoms with Crippen molar-refractivity contribution >= 4 is 22.9 Å². The number of aryl methyl sites for hydroxylation is 1. The van der Waals surface area contributed by atoms with Crippen molar-refractivity contribution in [2.45, 2.75) is 13.3 Å². The minimum absolute atomic E-state index is 0.867. The summed E-state index contributed by atoms with van der Waals surface area (Å²) in [6.45, 7) is 2.13. The molecule has 1 aromatic heterocycles. The van der Waals surface area contributed by atoms with Gasteiger partial charge in [-0.15, -0.1) is 11.3 Å². The standard InChI is InChI=1S/C6H7ClS/c1-2-6-3-5(7)4-8-6/h3-4H,2H2,1H3. The van der Waals surface area contributed by atoms with Gasteiger partial charge in [-0.1, -0.05) is 18.5 Å². The van der Waals surface area contributed by atoms with E-state index in [9.17, 15) is 0 Å². The van der Waals surface area contributed by atoms with Crippen LogP contribution in [0.2, 0.25) is 5.02 Å². The zero-order valence-electron chi connectivity index (χ0n) is 4.65. The lowest BCUT2D eigenvalue weighted by atomic mass is 10.4. The Kier molecular flexibility index (Phi) is 1.92. The summed E-state index contributed by atoms with van der Waals surface area (Å²) in [6.07, 6.45) is 1.09. The molecule has 0 spiro atoms. The largest absolute Gasteiger partial charge is 0.147 e. The molecular formula is C6H7ClS. The lowest BCUT2D eigenvalue weighted by Crippen LogP contribution is -1.64. The number of halogens is 1. The van der Waals surface area contributed by atoms with Crippen LogP contribution in [-0.4, -0.2) is 0 Å². The summed E-state index contributed by atoms with van der Waals surface area (Å²) in [4.78, 5) is 1.36. The third-order valence-electron chi connectivity index (χ3n) is 0.970. The van der Waals surface area contributed by atoms with Crippen molar-refractivity contribution < 1.29 is 0 Å². The molecule has 0 unspecified atom stereocenters. The highest BCUT2D eigenvalue weighted by Crippen LogP contribution is 2.18. The van der Waals surface area contributed by atoms with E-state index in [1.165, 1.54) is 4.88 Å². The fourth-order valence-electron chi connectivity index (χ4n) is 0.539. The second-order valence-corrected chi connectivity index (χ2v) is 3.02. The third-order valence-corrected chi connectivity index (χ3v) is 2.40. The fraction of sp³-hybridized carbons (Fsp3) is 0.333. The van der Waals surface area contributed by atoms with E-state index in [-0.39, 0.29) is 0 Å². The van der Waals surface area contributed by atoms with Crippen LogP contribution in [0.4, 0.5) is 0 Å². The molecule has 0 fully saturated rings. The molecule has 0 bridgehead atoms. The molecule has 0 aliphatic heterocycles. The van der Waals surface area contributed by atoms with Gasteiger partial charge in [-0.05, 0) is 12.5 Å². The first kappa shape index (κ1) is 6.12. The van der Waals surface area contributed by atoms with Gasteiger partial charge in [-0.25, -0.2) is 0 Å². The Bertz CT molecular complexity index is 169. The van der Waals surface area contributed by atoms with Crippen LogP contribution in [-0.2, 0) is 6.42 Å². The van der Waals surface area contributed by atoms with Crippen molar-refractivity contribution in [3.8, 4) is 0 Å². The van der Waals surface area contributed by atoms with Gasteiger partial charge in [0, 0.05) is 10.3 Å². The van der Waals surface area contributed by atoms with Crippen LogP contribution in [0.5, 0.6) is 0 Å². The molecule has 2 heteroatoms. The average molecular weight is 147 g/mol. The predicted octanol–water partition coefficient (Wildman–Crippen LogP) is 2.96. The predicted molar refractivity (Wildman–Crippen MR) is 38.7 cm³/mol. The molecule has 1 rings (SSSR count). The first-order valence-electron chi connectivity index (χ1n) is 2.56. The average Bonchev–Trinajstić information content (AvgIpc) is 2.14. The van der Waals surface area contributed by atoms with Crippen molar-refractivity contribution in [3.05, 3.63) is 21.3 Å². The zero-order chi connectivity index (χ0) is 5.98. The molecule has 0 atom stereocenters. The molecule has 1 heterocycles. The Morgan fingerprint density at radius 2 is 2.50 bits per heavy atom. The second-order valence-electron chi connectivity index (χ2n) is 1.58. The highest BCUT2D eigenvalue weighted by Gasteiger charge is 1.91. The molecule has 0 radical (unpaired) electrons. The smallest absolute Gasteiger partial charge is 0.0515 e. The van der Waals surface area contributed by atoms with E-state index >= 15 is 0 Å². The summed E-state index contributed by atoms with van der Waals surface area (Å²) in [5.74, 6) is 0. The molecule has 0 aliphatic carbocycles. The van der Waals surface area contributed by atoms with E-state index in [1.807, 2.05) is 11.4 Å². The summed E-state index contributed by atoms with van der Waals surface area (Å²) >= 11 is 7.37. The highest BCUT2D eigenvalue weighted by molar-refractivity contribution is 7.10. The fourth-order valence-corrected chi connectivity index (χ4v) is 1.56. The van der Waals surface area contributed by atoms with Gasteiger partial charge >= 0.3 is 0 Å². The molecule has 0 amide bonds.